The molecule has 1 aromatic heterocycles. The summed E-state index contributed by atoms with van der Waals surface area (Å²) in [5.74, 6) is 0.234. The fourth-order valence-electron chi connectivity index (χ4n) is 3.26. The van der Waals surface area contributed by atoms with Crippen LogP contribution in [0.5, 0.6) is 5.75 Å². The molecular weight excluding hydrogens is 419 g/mol. The van der Waals surface area contributed by atoms with E-state index in [0.717, 1.165) is 16.4 Å². The Morgan fingerprint density at radius 2 is 1.93 bits per heavy atom. The number of ether oxygens (including phenoxy) is 1. The maximum atomic E-state index is 15.5. The summed E-state index contributed by atoms with van der Waals surface area (Å²) in [4.78, 5) is 4.22. The second kappa shape index (κ2) is 9.28. The number of nitrogens with zero attached hydrogens (tertiary/aromatic N) is 1. The zero-order chi connectivity index (χ0) is 20.9. The molecule has 4 aromatic rings. The van der Waals surface area contributed by atoms with Gasteiger partial charge >= 0.3 is 0 Å². The van der Waals surface area contributed by atoms with E-state index in [-0.39, 0.29) is 5.82 Å². The summed E-state index contributed by atoms with van der Waals surface area (Å²) in [6.07, 6.45) is 2.23. The number of thiazole rings is 1. The summed E-state index contributed by atoms with van der Waals surface area (Å²) in [6, 6.07) is 18.7. The Kier molecular flexibility index (Phi) is 6.31. The van der Waals surface area contributed by atoms with E-state index in [4.69, 9.17) is 16.3 Å². The van der Waals surface area contributed by atoms with Crippen LogP contribution in [0.2, 0.25) is 5.02 Å². The molecule has 1 N–H and O–H groups in total. The van der Waals surface area contributed by atoms with Crippen LogP contribution in [0, 0.1) is 5.82 Å². The van der Waals surface area contributed by atoms with Crippen molar-refractivity contribution in [2.24, 2.45) is 0 Å². The summed E-state index contributed by atoms with van der Waals surface area (Å²) < 4.78 is 21.2. The van der Waals surface area contributed by atoms with E-state index in [1.807, 2.05) is 54.8 Å². The molecule has 0 aliphatic heterocycles. The van der Waals surface area contributed by atoms with Crippen LogP contribution in [0.15, 0.2) is 72.2 Å². The number of benzene rings is 3. The largest absolute Gasteiger partial charge is 0.493 e. The highest BCUT2D eigenvalue weighted by Gasteiger charge is 2.17. The monoisotopic (exact) mass is 438 g/mol. The highest BCUT2D eigenvalue weighted by molar-refractivity contribution is 7.13. The molecular formula is C24H20ClFN2OS. The van der Waals surface area contributed by atoms with Gasteiger partial charge in [0.2, 0.25) is 0 Å². The van der Waals surface area contributed by atoms with Gasteiger partial charge in [0.15, 0.2) is 5.13 Å². The van der Waals surface area contributed by atoms with Crippen molar-refractivity contribution in [3.8, 4) is 16.9 Å². The van der Waals surface area contributed by atoms with Gasteiger partial charge in [-0.2, -0.15) is 0 Å². The molecule has 152 valence electrons. The average molecular weight is 439 g/mol. The molecule has 0 amide bonds. The van der Waals surface area contributed by atoms with Crippen molar-refractivity contribution in [1.29, 1.82) is 0 Å². The molecule has 0 radical (unpaired) electrons. The van der Waals surface area contributed by atoms with E-state index in [9.17, 15) is 0 Å². The smallest absolute Gasteiger partial charge is 0.187 e. The first-order chi connectivity index (χ1) is 14.6. The molecule has 3 nitrogen and oxygen atoms in total. The number of hydrogen-bond acceptors (Lipinski definition) is 4. The van der Waals surface area contributed by atoms with Gasteiger partial charge in [-0.1, -0.05) is 41.9 Å². The van der Waals surface area contributed by atoms with Crippen LogP contribution in [-0.4, -0.2) is 11.6 Å². The number of nitrogens with one attached hydrogen (secondary N) is 1. The van der Waals surface area contributed by atoms with Crippen molar-refractivity contribution in [1.82, 2.24) is 4.98 Å². The topological polar surface area (TPSA) is 34.1 Å². The third-order valence-corrected chi connectivity index (χ3v) is 5.55. The van der Waals surface area contributed by atoms with Crippen molar-refractivity contribution in [3.63, 3.8) is 0 Å². The number of halogens is 2. The zero-order valence-electron chi connectivity index (χ0n) is 16.4. The Balaban J connectivity index is 1.62. The fourth-order valence-corrected chi connectivity index (χ4v) is 4.00. The van der Waals surface area contributed by atoms with Crippen molar-refractivity contribution in [3.05, 3.63) is 94.2 Å². The molecule has 0 aliphatic rings. The van der Waals surface area contributed by atoms with E-state index < -0.39 is 0 Å². The lowest BCUT2D eigenvalue weighted by molar-refractivity contribution is 0.339. The predicted molar refractivity (Wildman–Crippen MR) is 123 cm³/mol. The third-order valence-electron chi connectivity index (χ3n) is 4.63. The second-order valence-electron chi connectivity index (χ2n) is 6.69. The van der Waals surface area contributed by atoms with Gasteiger partial charge in [-0.25, -0.2) is 9.37 Å². The van der Waals surface area contributed by atoms with E-state index in [1.165, 1.54) is 11.3 Å². The summed E-state index contributed by atoms with van der Waals surface area (Å²) in [6.45, 7) is 2.34. The molecule has 0 fully saturated rings. The van der Waals surface area contributed by atoms with Crippen molar-refractivity contribution < 1.29 is 9.13 Å². The zero-order valence-corrected chi connectivity index (χ0v) is 17.9. The van der Waals surface area contributed by atoms with Crippen molar-refractivity contribution in [2.75, 3.05) is 11.9 Å². The van der Waals surface area contributed by atoms with Crippen molar-refractivity contribution in [2.45, 2.75) is 13.3 Å². The number of anilines is 2. The van der Waals surface area contributed by atoms with Gasteiger partial charge in [-0.15, -0.1) is 11.3 Å². The molecule has 0 atom stereocenters. The van der Waals surface area contributed by atoms with Crippen LogP contribution in [0.1, 0.15) is 18.1 Å². The predicted octanol–water partition coefficient (Wildman–Crippen LogP) is 7.34. The Morgan fingerprint density at radius 3 is 2.63 bits per heavy atom. The normalized spacial score (nSPS) is 10.8. The molecule has 0 saturated carbocycles. The Morgan fingerprint density at radius 1 is 1.10 bits per heavy atom. The van der Waals surface area contributed by atoms with E-state index in [2.05, 4.69) is 10.3 Å². The SMILES string of the molecule is CCOc1ccc(Cc2ccc(Nc3nccs3)cc2)c(F)c1-c1cccc(Cl)c1. The first kappa shape index (κ1) is 20.4. The lowest BCUT2D eigenvalue weighted by Gasteiger charge is -2.15. The van der Waals surface area contributed by atoms with Crippen LogP contribution in [0.25, 0.3) is 11.1 Å². The summed E-state index contributed by atoms with van der Waals surface area (Å²) in [7, 11) is 0. The maximum absolute atomic E-state index is 15.5. The molecule has 4 rings (SSSR count). The van der Waals surface area contributed by atoms with Crippen LogP contribution >= 0.6 is 22.9 Å². The van der Waals surface area contributed by atoms with Crippen LogP contribution in [-0.2, 0) is 6.42 Å². The minimum atomic E-state index is -0.284. The molecule has 3 aromatic carbocycles. The van der Waals surface area contributed by atoms with E-state index in [0.29, 0.717) is 40.5 Å². The molecule has 0 saturated heterocycles. The van der Waals surface area contributed by atoms with Crippen molar-refractivity contribution >= 4 is 33.8 Å². The lowest BCUT2D eigenvalue weighted by atomic mass is 9.97. The highest BCUT2D eigenvalue weighted by atomic mass is 35.5. The molecule has 0 spiro atoms. The van der Waals surface area contributed by atoms with Gasteiger partial charge in [-0.05, 0) is 53.9 Å². The summed E-state index contributed by atoms with van der Waals surface area (Å²) >= 11 is 7.68. The van der Waals surface area contributed by atoms with Crippen LogP contribution in [0.4, 0.5) is 15.2 Å². The number of hydrogen-bond donors (Lipinski definition) is 1. The molecule has 1 heterocycles. The van der Waals surface area contributed by atoms with E-state index in [1.54, 1.807) is 24.4 Å². The van der Waals surface area contributed by atoms with Gasteiger partial charge in [0.1, 0.15) is 11.6 Å². The van der Waals surface area contributed by atoms with Gasteiger partial charge in [-0.3, -0.25) is 0 Å². The molecule has 30 heavy (non-hydrogen) atoms. The highest BCUT2D eigenvalue weighted by Crippen LogP contribution is 2.36. The minimum absolute atomic E-state index is 0.284. The van der Waals surface area contributed by atoms with Crippen LogP contribution < -0.4 is 10.1 Å². The quantitative estimate of drug-likeness (QED) is 0.328. The average Bonchev–Trinajstić information content (AvgIpc) is 3.25. The Labute approximate surface area is 184 Å². The van der Waals surface area contributed by atoms with Gasteiger partial charge in [0.25, 0.3) is 0 Å². The van der Waals surface area contributed by atoms with Gasteiger partial charge in [0, 0.05) is 28.7 Å². The molecule has 0 unspecified atom stereocenters. The Hall–Kier alpha value is -2.89. The molecule has 0 aliphatic carbocycles. The first-order valence-electron chi connectivity index (χ1n) is 9.59. The summed E-state index contributed by atoms with van der Waals surface area (Å²) in [5, 5.41) is 6.57. The second-order valence-corrected chi connectivity index (χ2v) is 8.02. The Bertz CT molecular complexity index is 1130. The number of rotatable bonds is 7. The van der Waals surface area contributed by atoms with E-state index >= 15 is 4.39 Å². The van der Waals surface area contributed by atoms with Gasteiger partial charge < -0.3 is 10.1 Å². The van der Waals surface area contributed by atoms with Gasteiger partial charge in [0.05, 0.1) is 12.2 Å². The number of aromatic nitrogens is 1. The first-order valence-corrected chi connectivity index (χ1v) is 10.9. The fraction of sp³-hybridized carbons (Fsp3) is 0.125. The van der Waals surface area contributed by atoms with Crippen LogP contribution in [0.3, 0.4) is 0 Å². The third kappa shape index (κ3) is 4.64. The molecule has 6 heteroatoms. The lowest BCUT2D eigenvalue weighted by Crippen LogP contribution is -2.01. The summed E-state index contributed by atoms with van der Waals surface area (Å²) in [5.41, 5.74) is 3.71. The minimum Gasteiger partial charge on any atom is -0.493 e. The molecule has 0 bridgehead atoms. The standard InChI is InChI=1S/C24H20ClFN2OS/c1-2-29-21-11-8-18(23(26)22(21)17-4-3-5-19(25)15-17)14-16-6-9-20(10-7-16)28-24-27-12-13-30-24/h3-13,15H,2,14H2,1H3,(H,27,28). The maximum Gasteiger partial charge on any atom is 0.187 e.